The average molecular weight is 475 g/mol. The number of rotatable bonds is 5. The molecule has 0 unspecified atom stereocenters. The monoisotopic (exact) mass is 474 g/mol. The van der Waals surface area contributed by atoms with Crippen molar-refractivity contribution in [1.82, 2.24) is 19.1 Å². The Morgan fingerprint density at radius 2 is 1.66 bits per heavy atom. The second-order valence-electron chi connectivity index (χ2n) is 8.79. The van der Waals surface area contributed by atoms with E-state index in [-0.39, 0.29) is 22.7 Å². The summed E-state index contributed by atoms with van der Waals surface area (Å²) in [4.78, 5) is 25.2. The lowest BCUT2D eigenvalue weighted by molar-refractivity contribution is 0.0919. The third kappa shape index (κ3) is 4.35. The summed E-state index contributed by atoms with van der Waals surface area (Å²) in [5.41, 5.74) is -0.229. The minimum Gasteiger partial charge on any atom is -0.347 e. The van der Waals surface area contributed by atoms with Crippen molar-refractivity contribution in [3.63, 3.8) is 0 Å². The minimum atomic E-state index is -4.26. The maximum atomic E-state index is 13.2. The molecule has 1 amide bonds. The summed E-state index contributed by atoms with van der Waals surface area (Å²) < 4.78 is 28.4. The van der Waals surface area contributed by atoms with Crippen LogP contribution in [0.4, 0.5) is 0 Å². The number of hydrogen-bond acceptors (Lipinski definition) is 5. The van der Waals surface area contributed by atoms with Gasteiger partial charge in [-0.1, -0.05) is 15.7 Å². The van der Waals surface area contributed by atoms with E-state index in [0.717, 1.165) is 12.8 Å². The molecule has 1 saturated carbocycles. The Balaban J connectivity index is 1.73. The molecule has 1 aromatic heterocycles. The van der Waals surface area contributed by atoms with Crippen molar-refractivity contribution < 1.29 is 13.2 Å². The van der Waals surface area contributed by atoms with Crippen molar-refractivity contribution >= 4 is 27.5 Å². The van der Waals surface area contributed by atoms with E-state index in [1.807, 2.05) is 20.8 Å². The zero-order valence-corrected chi connectivity index (χ0v) is 19.4. The number of halogens is 1. The van der Waals surface area contributed by atoms with Gasteiger partial charge in [-0.2, -0.15) is 8.42 Å². The molecule has 0 spiro atoms. The van der Waals surface area contributed by atoms with Crippen LogP contribution in [0.3, 0.4) is 0 Å². The fourth-order valence-corrected chi connectivity index (χ4v) is 4.55. The lowest BCUT2D eigenvalue weighted by atomic mass is 10.1. The molecule has 1 N–H and O–H groups in total. The van der Waals surface area contributed by atoms with E-state index < -0.39 is 21.3 Å². The maximum Gasteiger partial charge on any atom is 0.361 e. The van der Waals surface area contributed by atoms with Crippen LogP contribution in [-0.4, -0.2) is 33.6 Å². The van der Waals surface area contributed by atoms with E-state index in [0.29, 0.717) is 20.2 Å². The van der Waals surface area contributed by atoms with Gasteiger partial charge in [0, 0.05) is 27.7 Å². The normalized spacial score (nSPS) is 14.4. The van der Waals surface area contributed by atoms with E-state index >= 15 is 0 Å². The first kappa shape index (κ1) is 22.3. The molecular formula is C22H23ClN4O4S. The molecule has 0 radical (unpaired) electrons. The van der Waals surface area contributed by atoms with Gasteiger partial charge in [0.05, 0.1) is 4.90 Å². The summed E-state index contributed by atoms with van der Waals surface area (Å²) in [5.74, 6) is -0.0411. The molecule has 4 rings (SSSR count). The molecule has 0 saturated heterocycles. The third-order valence-corrected chi connectivity index (χ3v) is 6.74. The van der Waals surface area contributed by atoms with Crippen molar-refractivity contribution in [1.29, 1.82) is 0 Å². The van der Waals surface area contributed by atoms with Gasteiger partial charge in [-0.15, -0.1) is 5.10 Å². The van der Waals surface area contributed by atoms with Crippen LogP contribution in [0.5, 0.6) is 0 Å². The van der Waals surface area contributed by atoms with E-state index in [1.54, 1.807) is 24.3 Å². The first-order chi connectivity index (χ1) is 15.0. The fraction of sp³-hybridized carbons (Fsp3) is 0.318. The SMILES string of the molecule is CC(C)(C)NC(=O)c1ccc(S(=O)(=O)n2nc(-c3ccc(Cl)cc3)n(C3CC3)c2=O)cc1. The first-order valence-corrected chi connectivity index (χ1v) is 11.9. The maximum absolute atomic E-state index is 13.2. The molecule has 3 aromatic rings. The van der Waals surface area contributed by atoms with Crippen LogP contribution >= 0.6 is 11.6 Å². The first-order valence-electron chi connectivity index (χ1n) is 10.1. The highest BCUT2D eigenvalue weighted by molar-refractivity contribution is 7.89. The summed E-state index contributed by atoms with van der Waals surface area (Å²) in [5, 5.41) is 7.52. The number of carbonyl (C=O) groups is 1. The number of benzene rings is 2. The highest BCUT2D eigenvalue weighted by atomic mass is 35.5. The minimum absolute atomic E-state index is 0.0828. The zero-order valence-electron chi connectivity index (χ0n) is 17.9. The summed E-state index contributed by atoms with van der Waals surface area (Å²) in [6, 6.07) is 12.1. The molecule has 0 aliphatic heterocycles. The van der Waals surface area contributed by atoms with Gasteiger partial charge < -0.3 is 5.32 Å². The van der Waals surface area contributed by atoms with Crippen molar-refractivity contribution in [2.75, 3.05) is 0 Å². The van der Waals surface area contributed by atoms with Gasteiger partial charge in [-0.3, -0.25) is 9.36 Å². The number of nitrogens with zero attached hydrogens (tertiary/aromatic N) is 3. The van der Waals surface area contributed by atoms with Crippen molar-refractivity contribution in [2.45, 2.75) is 50.1 Å². The summed E-state index contributed by atoms with van der Waals surface area (Å²) in [6.07, 6.45) is 1.56. The van der Waals surface area contributed by atoms with Crippen LogP contribution in [0, 0.1) is 0 Å². The molecule has 8 nitrogen and oxygen atoms in total. The Bertz CT molecular complexity index is 1330. The Hall–Kier alpha value is -2.91. The topological polar surface area (TPSA) is 103 Å². The third-order valence-electron chi connectivity index (χ3n) is 4.93. The summed E-state index contributed by atoms with van der Waals surface area (Å²) >= 11 is 5.95. The summed E-state index contributed by atoms with van der Waals surface area (Å²) in [7, 11) is -4.26. The molecule has 1 fully saturated rings. The van der Waals surface area contributed by atoms with Crippen molar-refractivity contribution in [3.05, 3.63) is 69.6 Å². The second kappa shape index (κ2) is 7.90. The van der Waals surface area contributed by atoms with Gasteiger partial charge in [-0.05, 0) is 82.1 Å². The molecular weight excluding hydrogens is 452 g/mol. The largest absolute Gasteiger partial charge is 0.361 e. The van der Waals surface area contributed by atoms with Crippen LogP contribution in [-0.2, 0) is 10.0 Å². The van der Waals surface area contributed by atoms with Gasteiger partial charge >= 0.3 is 5.69 Å². The number of nitrogens with one attached hydrogen (secondary N) is 1. The van der Waals surface area contributed by atoms with Gasteiger partial charge in [0.25, 0.3) is 15.9 Å². The Labute approximate surface area is 190 Å². The van der Waals surface area contributed by atoms with Crippen LogP contribution in [0.2, 0.25) is 5.02 Å². The van der Waals surface area contributed by atoms with Crippen LogP contribution in [0.1, 0.15) is 50.0 Å². The van der Waals surface area contributed by atoms with Crippen LogP contribution in [0.25, 0.3) is 11.4 Å². The molecule has 32 heavy (non-hydrogen) atoms. The van der Waals surface area contributed by atoms with E-state index in [2.05, 4.69) is 10.4 Å². The predicted octanol–water partition coefficient (Wildman–Crippen LogP) is 3.47. The van der Waals surface area contributed by atoms with E-state index in [9.17, 15) is 18.0 Å². The fourth-order valence-electron chi connectivity index (χ4n) is 3.26. The lowest BCUT2D eigenvalue weighted by Gasteiger charge is -2.20. The Morgan fingerprint density at radius 1 is 1.06 bits per heavy atom. The number of carbonyl (C=O) groups excluding carboxylic acids is 1. The molecule has 1 aliphatic carbocycles. The van der Waals surface area contributed by atoms with Crippen LogP contribution in [0.15, 0.2) is 58.2 Å². The average Bonchev–Trinajstić information content (AvgIpc) is 3.49. The highest BCUT2D eigenvalue weighted by Gasteiger charge is 2.33. The van der Waals surface area contributed by atoms with Gasteiger partial charge in [0.1, 0.15) is 0 Å². The molecule has 0 bridgehead atoms. The zero-order chi connectivity index (χ0) is 23.3. The number of amides is 1. The molecule has 1 heterocycles. The smallest absolute Gasteiger partial charge is 0.347 e. The van der Waals surface area contributed by atoms with Gasteiger partial charge in [0.2, 0.25) is 0 Å². The number of hydrogen-bond donors (Lipinski definition) is 1. The standard InChI is InChI=1S/C22H23ClN4O4S/c1-22(2,3)24-20(28)15-6-12-18(13-7-15)32(30,31)27-21(29)26(17-10-11-17)19(25-27)14-4-8-16(23)9-5-14/h4-9,12-13,17H,10-11H2,1-3H3,(H,24,28). The Kier molecular flexibility index (Phi) is 5.50. The van der Waals surface area contributed by atoms with E-state index in [4.69, 9.17) is 11.6 Å². The molecule has 168 valence electrons. The quantitative estimate of drug-likeness (QED) is 0.609. The highest BCUT2D eigenvalue weighted by Crippen LogP contribution is 2.37. The number of aromatic nitrogens is 3. The Morgan fingerprint density at radius 3 is 2.19 bits per heavy atom. The lowest BCUT2D eigenvalue weighted by Crippen LogP contribution is -2.40. The van der Waals surface area contributed by atoms with Gasteiger partial charge in [-0.25, -0.2) is 4.79 Å². The van der Waals surface area contributed by atoms with Crippen LogP contribution < -0.4 is 11.0 Å². The molecule has 0 atom stereocenters. The molecule has 2 aromatic carbocycles. The van der Waals surface area contributed by atoms with E-state index in [1.165, 1.54) is 28.8 Å². The summed E-state index contributed by atoms with van der Waals surface area (Å²) in [6.45, 7) is 5.56. The molecule has 1 aliphatic rings. The van der Waals surface area contributed by atoms with Crippen molar-refractivity contribution in [3.8, 4) is 11.4 Å². The predicted molar refractivity (Wildman–Crippen MR) is 121 cm³/mol. The molecule has 10 heteroatoms. The van der Waals surface area contributed by atoms with Crippen molar-refractivity contribution in [2.24, 2.45) is 0 Å². The second-order valence-corrected chi connectivity index (χ2v) is 11.0. The van der Waals surface area contributed by atoms with Gasteiger partial charge in [0.15, 0.2) is 5.82 Å².